The van der Waals surface area contributed by atoms with Gasteiger partial charge in [0.2, 0.25) is 52.9 Å². The summed E-state index contributed by atoms with van der Waals surface area (Å²) in [7, 11) is -3.12. The fraction of sp³-hybridized carbons (Fsp3) is 0.629. The number of unbranched alkanes of at least 4 members (excludes halogenated alkanes) is 3. The molecule has 13 N–H and O–H groups in total. The highest BCUT2D eigenvalue weighted by Crippen LogP contribution is 2.49. The van der Waals surface area contributed by atoms with Crippen molar-refractivity contribution in [2.75, 3.05) is 89.8 Å². The SMILES string of the molecule is CCNC(=O)[C@H](C)CC(=O)[C@H](CSC)NC(=O)CCC[C@H](CC(C)C)NC(=O)[C@@H]1CCCN1C(=O)COCCCC(=O)[C@@H](CCCCNC(=O)CCCCCN1/C(=C/C=C/C=C/C=C/C2=[N+](CC)c3ccc(C)cc3C2(C)C)C(C)(C)c2cc(S(=O)(=O)O)ccc21)NC(=O)[C@@H](CCC(=O)O)CC(=O)[C@@H](CCC(=O)O)NC(=O)[C@@H](CCC(=O)O)CC(=O)[C@@H](CCC(=O)O)NC(=O)[C@@H](CCC(=O)O)CC(=O)CCOCCOC. The molecule has 0 aromatic heterocycles. The Morgan fingerprint density at radius 2 is 1.10 bits per heavy atom. The molecule has 3 aliphatic rings. The van der Waals surface area contributed by atoms with Gasteiger partial charge in [-0.1, -0.05) is 83.0 Å². The normalized spacial score (nSPS) is 16.4. The maximum atomic E-state index is 14.8. The van der Waals surface area contributed by atoms with E-state index in [1.807, 2.05) is 64.2 Å². The molecule has 0 saturated carbocycles. The Morgan fingerprint density at radius 1 is 0.534 bits per heavy atom. The lowest BCUT2D eigenvalue weighted by molar-refractivity contribution is -0.433. The number of nitrogens with one attached hydrogen (secondary N) is 7. The van der Waals surface area contributed by atoms with Gasteiger partial charge in [-0.05, 0) is 185 Å². The molecule has 3 heterocycles. The third-order valence-electron chi connectivity index (χ3n) is 26.2. The number of rotatable bonds is 75. The maximum Gasteiger partial charge on any atom is 0.303 e. The average molecular weight is 2090 g/mol. The second-order valence-corrected chi connectivity index (χ2v) is 41.4. The molecule has 5 rings (SSSR count). The fourth-order valence-electron chi connectivity index (χ4n) is 18.2. The van der Waals surface area contributed by atoms with Gasteiger partial charge >= 0.3 is 29.8 Å². The quantitative estimate of drug-likeness (QED) is 0.0127. The fourth-order valence-corrected chi connectivity index (χ4v) is 19.4. The topological polar surface area (TPSA) is 584 Å². The molecule has 0 bridgehead atoms. The van der Waals surface area contributed by atoms with Gasteiger partial charge < -0.3 is 86.8 Å². The number of carboxylic acid groups (broad SMARTS) is 5. The van der Waals surface area contributed by atoms with Gasteiger partial charge in [0.15, 0.2) is 28.8 Å². The summed E-state index contributed by atoms with van der Waals surface area (Å²) < 4.78 is 53.4. The zero-order chi connectivity index (χ0) is 109. The zero-order valence-electron chi connectivity index (χ0n) is 86.6. The molecule has 1 saturated heterocycles. The first-order chi connectivity index (χ1) is 69.1. The number of ether oxygens (including phenoxy) is 3. The molecule has 1 fully saturated rings. The maximum absolute atomic E-state index is 14.8. The third kappa shape index (κ3) is 43.1. The molecule has 0 spiro atoms. The van der Waals surface area contributed by atoms with Crippen LogP contribution in [0.3, 0.4) is 0 Å². The predicted molar refractivity (Wildman–Crippen MR) is 547 cm³/mol. The Kier molecular flexibility index (Phi) is 54.7. The standard InChI is InChI=1S/C105H154N10O29S2/c1-13-106-99(134)69(6)60-86(118)81(66-145-12)109-92(122)35-25-28-73(58-67(3)4)108-103(138)84-30-26-53-115(84)93(123)65-144-54-27-31-85(117)78(29-22-23-51-107-91(121)34-21-18-24-52-114-83-44-40-75(146(139,140)141)64-77(83)105(9,10)90(114)33-20-17-15-16-19-32-89-104(7,8)76-59-68(5)36-43-82(76)113(89)14-2)110-101(136)71(38-46-95(126)127)62-88(120)80(42-49-98(132)133)112-102(137)72(39-47-96(128)129)63-87(119)79(41-48-97(130)131)111-100(135)70(37-45-94(124)125)61-74(116)50-55-143-57-56-142-11/h15-17,19-20,32-33,36,40,43-44,59,64,67,69-73,78-81,84H,13-14,18,21-31,34-35,37-39,41-42,45-58,60-63,65-66H2,1-12H3,(H12-,106,107,108,109,110,111,112,121,122,124,125,126,127,128,129,130,131,132,133,134,135,136,137,138,139,140,141)/p+1/t69-,70+,71+,72+,73-,78-,79-,80-,81+,84+/m1/s1. The van der Waals surface area contributed by atoms with Crippen LogP contribution in [-0.4, -0.2) is 281 Å². The van der Waals surface area contributed by atoms with Crippen molar-refractivity contribution in [2.24, 2.45) is 29.6 Å². The van der Waals surface area contributed by atoms with Gasteiger partial charge in [0, 0.05) is 193 Å². The minimum Gasteiger partial charge on any atom is -0.481 e. The molecule has 810 valence electrons. The summed E-state index contributed by atoms with van der Waals surface area (Å²) in [6.07, 6.45) is 10.2. The summed E-state index contributed by atoms with van der Waals surface area (Å²) in [5.74, 6) is -20.6. The number of thioether (sulfide) groups is 1. The van der Waals surface area contributed by atoms with Crippen LogP contribution in [0.4, 0.5) is 11.4 Å². The highest BCUT2D eigenvalue weighted by atomic mass is 32.2. The summed E-state index contributed by atoms with van der Waals surface area (Å²) in [6.45, 7) is 21.6. The number of aryl methyl sites for hydroxylation is 1. The van der Waals surface area contributed by atoms with E-state index < -0.39 is 242 Å². The second kappa shape index (κ2) is 63.9. The monoisotopic (exact) mass is 2080 g/mol. The minimum atomic E-state index is -4.55. The second-order valence-electron chi connectivity index (χ2n) is 39.1. The number of fused-ring (bicyclic) bond motifs is 2. The number of carboxylic acids is 5. The molecule has 2 aromatic carbocycles. The first-order valence-corrected chi connectivity index (χ1v) is 53.5. The summed E-state index contributed by atoms with van der Waals surface area (Å²) in [4.78, 5) is 244. The number of amides is 8. The molecule has 3 aliphatic heterocycles. The number of benzene rings is 2. The predicted octanol–water partition coefficient (Wildman–Crippen LogP) is 10.0. The number of ketones is 5. The molecule has 0 radical (unpaired) electrons. The Hall–Kier alpha value is -11.5. The molecule has 8 amide bonds. The summed E-state index contributed by atoms with van der Waals surface area (Å²) in [5.41, 5.74) is 6.20. The van der Waals surface area contributed by atoms with Gasteiger partial charge in [-0.25, -0.2) is 0 Å². The van der Waals surface area contributed by atoms with E-state index in [2.05, 4.69) is 98.7 Å². The highest BCUT2D eigenvalue weighted by molar-refractivity contribution is 7.98. The van der Waals surface area contributed by atoms with Crippen LogP contribution in [0.1, 0.15) is 272 Å². The zero-order valence-corrected chi connectivity index (χ0v) is 88.2. The van der Waals surface area contributed by atoms with Crippen molar-refractivity contribution >= 4 is 145 Å². The van der Waals surface area contributed by atoms with Crippen molar-refractivity contribution in [1.82, 2.24) is 42.1 Å². The molecule has 0 aliphatic carbocycles. The lowest BCUT2D eigenvalue weighted by Gasteiger charge is -2.27. The van der Waals surface area contributed by atoms with Crippen LogP contribution in [0.25, 0.3) is 0 Å². The van der Waals surface area contributed by atoms with Crippen LogP contribution in [0.2, 0.25) is 0 Å². The van der Waals surface area contributed by atoms with Crippen LogP contribution >= 0.6 is 11.8 Å². The number of carbonyl (C=O) groups excluding carboxylic acids is 13. The molecule has 0 unspecified atom stereocenters. The lowest BCUT2D eigenvalue weighted by atomic mass is 9.81. The van der Waals surface area contributed by atoms with Crippen molar-refractivity contribution < 1.29 is 144 Å². The number of likely N-dealkylation sites (tertiary alicyclic amines) is 1. The number of anilines is 1. The van der Waals surface area contributed by atoms with E-state index in [4.69, 9.17) is 14.2 Å². The lowest BCUT2D eigenvalue weighted by Crippen LogP contribution is -2.50. The Bertz CT molecular complexity index is 5120. The van der Waals surface area contributed by atoms with Crippen molar-refractivity contribution in [3.05, 3.63) is 101 Å². The van der Waals surface area contributed by atoms with Crippen LogP contribution in [0.15, 0.2) is 89.5 Å². The van der Waals surface area contributed by atoms with Crippen LogP contribution in [-0.2, 0) is 121 Å². The number of hydrogen-bond donors (Lipinski definition) is 13. The molecule has 41 heteroatoms. The smallest absolute Gasteiger partial charge is 0.303 e. The van der Waals surface area contributed by atoms with Gasteiger partial charge in [0.1, 0.15) is 25.0 Å². The number of Topliss-reactive ketones (excluding diaryl/α,β-unsaturated/α-hetero) is 5. The van der Waals surface area contributed by atoms with Gasteiger partial charge in [-0.3, -0.25) is 90.9 Å². The van der Waals surface area contributed by atoms with Crippen molar-refractivity contribution in [3.8, 4) is 0 Å². The molecular formula is C105H155N10O29S2+. The van der Waals surface area contributed by atoms with Crippen LogP contribution in [0.5, 0.6) is 0 Å². The van der Waals surface area contributed by atoms with E-state index in [0.29, 0.717) is 75.8 Å². The van der Waals surface area contributed by atoms with Crippen molar-refractivity contribution in [3.63, 3.8) is 0 Å². The molecule has 39 nitrogen and oxygen atoms in total. The molecule has 146 heavy (non-hydrogen) atoms. The number of carbonyl (C=O) groups is 18. The molecular weight excluding hydrogens is 1930 g/mol. The first kappa shape index (κ1) is 125. The Morgan fingerprint density at radius 3 is 1.67 bits per heavy atom. The van der Waals surface area contributed by atoms with Crippen LogP contribution < -0.4 is 42.1 Å². The van der Waals surface area contributed by atoms with Gasteiger partial charge in [-0.2, -0.15) is 24.8 Å². The third-order valence-corrected chi connectivity index (χ3v) is 27.7. The van der Waals surface area contributed by atoms with E-state index in [-0.39, 0.29) is 143 Å². The van der Waals surface area contributed by atoms with Crippen molar-refractivity contribution in [2.45, 2.75) is 314 Å². The summed E-state index contributed by atoms with van der Waals surface area (Å²) in [5, 5.41) is 67.9. The minimum absolute atomic E-state index is 0.0353. The molecule has 10 atom stereocenters. The number of allylic oxidation sites excluding steroid dienone is 8. The van der Waals surface area contributed by atoms with Gasteiger partial charge in [0.05, 0.1) is 54.3 Å². The number of methoxy groups -OCH3 is 1. The van der Waals surface area contributed by atoms with E-state index in [9.17, 15) is 125 Å². The van der Waals surface area contributed by atoms with E-state index in [1.165, 1.54) is 58.4 Å². The largest absolute Gasteiger partial charge is 0.481 e. The number of hydrogen-bond acceptors (Lipinski definition) is 25. The van der Waals surface area contributed by atoms with Crippen molar-refractivity contribution in [1.29, 1.82) is 0 Å². The average Bonchev–Trinajstić information content (AvgIpc) is 1.60. The number of aliphatic carboxylic acids is 5. The van der Waals surface area contributed by atoms with E-state index in [0.717, 1.165) is 17.9 Å². The summed E-state index contributed by atoms with van der Waals surface area (Å²) in [6, 6.07) is 4.01. The first-order valence-electron chi connectivity index (χ1n) is 50.7. The molecule has 2 aromatic rings. The Labute approximate surface area is 860 Å². The van der Waals surface area contributed by atoms with E-state index in [1.54, 1.807) is 26.2 Å². The Balaban J connectivity index is 1.33. The van der Waals surface area contributed by atoms with Gasteiger partial charge in [0.25, 0.3) is 10.1 Å². The van der Waals surface area contributed by atoms with Gasteiger partial charge in [-0.15, -0.1) is 0 Å². The number of nitrogens with zero attached hydrogens (tertiary/aromatic N) is 3. The van der Waals surface area contributed by atoms with Crippen LogP contribution in [0, 0.1) is 36.5 Å². The highest BCUT2D eigenvalue weighted by Gasteiger charge is 2.46. The van der Waals surface area contributed by atoms with E-state index >= 15 is 0 Å². The summed E-state index contributed by atoms with van der Waals surface area (Å²) >= 11 is 1.38.